The maximum atomic E-state index is 12.0. The van der Waals surface area contributed by atoms with Gasteiger partial charge in [0.2, 0.25) is 11.9 Å². The van der Waals surface area contributed by atoms with E-state index in [1.807, 2.05) is 0 Å². The van der Waals surface area contributed by atoms with Crippen LogP contribution in [0.1, 0.15) is 24.8 Å². The third-order valence-corrected chi connectivity index (χ3v) is 5.35. The second-order valence-electron chi connectivity index (χ2n) is 8.30. The normalized spacial score (nSPS) is 14.8. The van der Waals surface area contributed by atoms with E-state index >= 15 is 0 Å². The molecule has 1 aromatic carbocycles. The molecule has 0 spiro atoms. The highest BCUT2D eigenvalue weighted by Gasteiger charge is 2.20. The first kappa shape index (κ1) is 25.0. The summed E-state index contributed by atoms with van der Waals surface area (Å²) >= 11 is 0. The van der Waals surface area contributed by atoms with Crippen molar-refractivity contribution in [2.24, 2.45) is 0 Å². The first-order valence-electron chi connectivity index (χ1n) is 11.2. The molecule has 12 nitrogen and oxygen atoms in total. The van der Waals surface area contributed by atoms with Gasteiger partial charge in [-0.25, -0.2) is 14.4 Å². The number of ether oxygens (including phenoxy) is 1. The number of nitrogens with zero attached hydrogens (tertiary/aromatic N) is 4. The monoisotopic (exact) mass is 473 g/mol. The molecule has 2 aromatic rings. The van der Waals surface area contributed by atoms with Gasteiger partial charge in [0, 0.05) is 33.6 Å². The number of aromatic amines is 1. The van der Waals surface area contributed by atoms with E-state index < -0.39 is 23.8 Å². The van der Waals surface area contributed by atoms with Crippen LogP contribution in [0.25, 0.3) is 0 Å². The number of rotatable bonds is 10. The number of carbonyl (C=O) groups is 2. The molecule has 1 saturated heterocycles. The molecule has 3 rings (SSSR count). The van der Waals surface area contributed by atoms with Crippen LogP contribution in [0.3, 0.4) is 0 Å². The summed E-state index contributed by atoms with van der Waals surface area (Å²) in [6, 6.07) is 5.44. The number of anilines is 2. The van der Waals surface area contributed by atoms with Crippen molar-refractivity contribution >= 4 is 24.0 Å². The van der Waals surface area contributed by atoms with E-state index in [0.29, 0.717) is 17.9 Å². The van der Waals surface area contributed by atoms with E-state index in [0.717, 1.165) is 19.6 Å². The van der Waals surface area contributed by atoms with E-state index in [9.17, 15) is 19.5 Å². The molecule has 4 N–H and O–H groups in total. The molecule has 1 atom stereocenters. The van der Waals surface area contributed by atoms with Crippen molar-refractivity contribution in [2.45, 2.75) is 31.7 Å². The molecule has 12 heteroatoms. The summed E-state index contributed by atoms with van der Waals surface area (Å²) in [5.41, 5.74) is 0.0587. The zero-order valence-corrected chi connectivity index (χ0v) is 19.4. The largest absolute Gasteiger partial charge is 0.480 e. The quantitative estimate of drug-likeness (QED) is 0.396. The number of likely N-dealkylation sites (tertiary alicyclic amines) is 1. The van der Waals surface area contributed by atoms with Crippen LogP contribution < -0.4 is 21.1 Å². The van der Waals surface area contributed by atoms with Crippen molar-refractivity contribution < 1.29 is 19.4 Å². The number of aromatic nitrogens is 3. The number of benzene rings is 1. The molecule has 1 fully saturated rings. The first-order chi connectivity index (χ1) is 16.3. The molecule has 0 radical (unpaired) electrons. The second-order valence-corrected chi connectivity index (χ2v) is 8.30. The summed E-state index contributed by atoms with van der Waals surface area (Å²) in [7, 11) is 3.15. The number of carboxylic acid groups (broad SMARTS) is 1. The zero-order valence-electron chi connectivity index (χ0n) is 19.4. The van der Waals surface area contributed by atoms with Gasteiger partial charge in [-0.3, -0.25) is 4.98 Å². The Hall–Kier alpha value is -3.67. The smallest absolute Gasteiger partial charge is 0.414 e. The maximum Gasteiger partial charge on any atom is 0.414 e. The number of carboxylic acids is 1. The van der Waals surface area contributed by atoms with E-state index in [1.165, 1.54) is 24.2 Å². The van der Waals surface area contributed by atoms with Gasteiger partial charge in [-0.2, -0.15) is 9.97 Å². The number of H-pyrrole nitrogens is 1. The van der Waals surface area contributed by atoms with Gasteiger partial charge in [0.15, 0.2) is 0 Å². The number of piperidine rings is 1. The summed E-state index contributed by atoms with van der Waals surface area (Å²) in [5, 5.41) is 15.5. The van der Waals surface area contributed by atoms with Crippen LogP contribution in [0.4, 0.5) is 16.7 Å². The van der Waals surface area contributed by atoms with Crippen LogP contribution in [0.2, 0.25) is 0 Å². The average molecular weight is 474 g/mol. The minimum absolute atomic E-state index is 0.0758. The lowest BCUT2D eigenvalue weighted by Gasteiger charge is -2.26. The third-order valence-electron chi connectivity index (χ3n) is 5.35. The molecule has 0 saturated carbocycles. The topological polar surface area (TPSA) is 153 Å². The minimum atomic E-state index is -1.12. The summed E-state index contributed by atoms with van der Waals surface area (Å²) in [6.45, 7) is 3.55. The Morgan fingerprint density at radius 2 is 1.88 bits per heavy atom. The molecule has 0 bridgehead atoms. The van der Waals surface area contributed by atoms with Gasteiger partial charge in [-0.15, -0.1) is 0 Å². The Bertz CT molecular complexity index is 1020. The van der Waals surface area contributed by atoms with Crippen LogP contribution in [0.5, 0.6) is 5.75 Å². The molecule has 0 unspecified atom stereocenters. The lowest BCUT2D eigenvalue weighted by Crippen LogP contribution is -2.35. The fraction of sp³-hybridized carbons (Fsp3) is 0.500. The summed E-state index contributed by atoms with van der Waals surface area (Å²) in [4.78, 5) is 49.6. The molecule has 1 aromatic heterocycles. The van der Waals surface area contributed by atoms with Crippen LogP contribution in [0, 0.1) is 0 Å². The van der Waals surface area contributed by atoms with Crippen molar-refractivity contribution in [2.75, 3.05) is 50.9 Å². The number of carbonyl (C=O) groups excluding carboxylic acids is 1. The van der Waals surface area contributed by atoms with Crippen molar-refractivity contribution in [1.82, 2.24) is 24.8 Å². The van der Waals surface area contributed by atoms with Gasteiger partial charge in [0.25, 0.3) is 0 Å². The summed E-state index contributed by atoms with van der Waals surface area (Å²) < 4.78 is 5.16. The van der Waals surface area contributed by atoms with E-state index in [1.54, 1.807) is 38.4 Å². The summed E-state index contributed by atoms with van der Waals surface area (Å²) in [5.74, 6) is -0.615. The number of hydrogen-bond donors (Lipinski definition) is 4. The van der Waals surface area contributed by atoms with Crippen molar-refractivity contribution in [3.8, 4) is 5.75 Å². The predicted molar refractivity (Wildman–Crippen MR) is 126 cm³/mol. The van der Waals surface area contributed by atoms with Crippen LogP contribution >= 0.6 is 0 Å². The molecule has 184 valence electrons. The van der Waals surface area contributed by atoms with E-state index in [4.69, 9.17) is 4.74 Å². The second kappa shape index (κ2) is 12.0. The highest BCUT2D eigenvalue weighted by Crippen LogP contribution is 2.15. The number of hydrogen-bond acceptors (Lipinski definition) is 9. The van der Waals surface area contributed by atoms with Gasteiger partial charge in [0.05, 0.1) is 0 Å². The molecule has 2 heterocycles. The van der Waals surface area contributed by atoms with Crippen LogP contribution in [-0.2, 0) is 11.2 Å². The third kappa shape index (κ3) is 7.73. The minimum Gasteiger partial charge on any atom is -0.480 e. The average Bonchev–Trinajstić information content (AvgIpc) is 2.80. The molecule has 1 aliphatic rings. The SMILES string of the molecule is CN(C)C(=O)Oc1ccc(C[C@H](Nc2nc(NCCN3CCCCC3)[nH]c(=O)n2)C(=O)O)cc1. The Labute approximate surface area is 197 Å². The highest BCUT2D eigenvalue weighted by molar-refractivity contribution is 5.77. The number of amides is 1. The van der Waals surface area contributed by atoms with Crippen molar-refractivity contribution in [1.29, 1.82) is 0 Å². The van der Waals surface area contributed by atoms with Gasteiger partial charge in [0.1, 0.15) is 11.8 Å². The molecule has 1 aliphatic heterocycles. The van der Waals surface area contributed by atoms with E-state index in [2.05, 4.69) is 30.5 Å². The number of aliphatic carboxylic acids is 1. The Morgan fingerprint density at radius 3 is 2.53 bits per heavy atom. The first-order valence-corrected chi connectivity index (χ1v) is 11.2. The maximum absolute atomic E-state index is 12.0. The summed E-state index contributed by atoms with van der Waals surface area (Å²) in [6.07, 6.45) is 3.24. The molecule has 1 amide bonds. The Balaban J connectivity index is 1.59. The van der Waals surface area contributed by atoms with E-state index in [-0.39, 0.29) is 18.3 Å². The predicted octanol–water partition coefficient (Wildman–Crippen LogP) is 1.23. The van der Waals surface area contributed by atoms with Crippen molar-refractivity contribution in [3.05, 3.63) is 40.3 Å². The van der Waals surface area contributed by atoms with Crippen LogP contribution in [0.15, 0.2) is 29.1 Å². The van der Waals surface area contributed by atoms with Crippen molar-refractivity contribution in [3.63, 3.8) is 0 Å². The van der Waals surface area contributed by atoms with Crippen LogP contribution in [-0.4, -0.2) is 88.2 Å². The standard InChI is InChI=1S/C22H31N7O5/c1-28(2)22(33)34-16-8-6-15(7-9-16)14-17(18(30)31)24-20-25-19(26-21(32)27-20)23-10-13-29-11-4-3-5-12-29/h6-9,17H,3-5,10-14H2,1-2H3,(H,30,31)(H3,23,24,25,26,27,32)/t17-/m0/s1. The lowest BCUT2D eigenvalue weighted by molar-refractivity contribution is -0.137. The Morgan fingerprint density at radius 1 is 1.18 bits per heavy atom. The molecule has 34 heavy (non-hydrogen) atoms. The van der Waals surface area contributed by atoms with Gasteiger partial charge < -0.3 is 30.3 Å². The number of nitrogens with one attached hydrogen (secondary N) is 3. The highest BCUT2D eigenvalue weighted by atomic mass is 16.6. The van der Waals surface area contributed by atoms with Gasteiger partial charge >= 0.3 is 17.8 Å². The molecule has 0 aliphatic carbocycles. The van der Waals surface area contributed by atoms with Gasteiger partial charge in [-0.05, 0) is 43.6 Å². The lowest BCUT2D eigenvalue weighted by atomic mass is 10.1. The fourth-order valence-electron chi connectivity index (χ4n) is 3.53. The Kier molecular flexibility index (Phi) is 8.79. The molecular formula is C22H31N7O5. The zero-order chi connectivity index (χ0) is 24.5. The molecular weight excluding hydrogens is 442 g/mol. The fourth-order valence-corrected chi connectivity index (χ4v) is 3.53. The van der Waals surface area contributed by atoms with Gasteiger partial charge in [-0.1, -0.05) is 18.6 Å².